The van der Waals surface area contributed by atoms with E-state index in [0.29, 0.717) is 0 Å². The summed E-state index contributed by atoms with van der Waals surface area (Å²) in [6, 6.07) is 7.97. The van der Waals surface area contributed by atoms with E-state index in [1.165, 1.54) is 18.6 Å². The number of rotatable bonds is 2. The summed E-state index contributed by atoms with van der Waals surface area (Å²) in [5, 5.41) is 0. The fourth-order valence-electron chi connectivity index (χ4n) is 2.20. The zero-order chi connectivity index (χ0) is 11.4. The third-order valence-corrected chi connectivity index (χ3v) is 3.11. The van der Waals surface area contributed by atoms with Gasteiger partial charge in [0.25, 0.3) is 0 Å². The highest BCUT2D eigenvalue weighted by Crippen LogP contribution is 2.25. The quantitative estimate of drug-likeness (QED) is 0.734. The fraction of sp³-hybridized carbons (Fsp3) is 0.500. The Hall–Kier alpha value is -1.31. The molecule has 1 aromatic carbocycles. The molecule has 1 aliphatic rings. The average Bonchev–Trinajstić information content (AvgIpc) is 2.30. The molecule has 2 heteroatoms. The first-order valence-corrected chi connectivity index (χ1v) is 5.98. The van der Waals surface area contributed by atoms with Gasteiger partial charge in [-0.3, -0.25) is 4.99 Å². The second-order valence-electron chi connectivity index (χ2n) is 4.58. The largest absolute Gasteiger partial charge is 0.497 e. The van der Waals surface area contributed by atoms with Crippen LogP contribution in [0, 0.1) is 5.92 Å². The maximum atomic E-state index is 5.13. The Balaban J connectivity index is 2.09. The molecule has 0 aliphatic heterocycles. The van der Waals surface area contributed by atoms with E-state index in [-0.39, 0.29) is 0 Å². The van der Waals surface area contributed by atoms with Crippen molar-refractivity contribution in [3.8, 4) is 5.75 Å². The Morgan fingerprint density at radius 2 is 2.00 bits per heavy atom. The van der Waals surface area contributed by atoms with Gasteiger partial charge >= 0.3 is 0 Å². The lowest BCUT2D eigenvalue weighted by molar-refractivity contribution is 0.415. The summed E-state index contributed by atoms with van der Waals surface area (Å²) >= 11 is 0. The number of methoxy groups -OCH3 is 1. The van der Waals surface area contributed by atoms with Gasteiger partial charge in [0.05, 0.1) is 12.8 Å². The van der Waals surface area contributed by atoms with Gasteiger partial charge in [0.2, 0.25) is 0 Å². The van der Waals surface area contributed by atoms with Crippen molar-refractivity contribution in [1.29, 1.82) is 0 Å². The molecule has 0 bridgehead atoms. The molecule has 0 amide bonds. The van der Waals surface area contributed by atoms with Crippen LogP contribution in [0.3, 0.4) is 0 Å². The van der Waals surface area contributed by atoms with Crippen LogP contribution in [0.1, 0.15) is 32.6 Å². The molecule has 0 saturated heterocycles. The fourth-order valence-corrected chi connectivity index (χ4v) is 2.20. The molecule has 1 saturated carbocycles. The minimum absolute atomic E-state index is 0.797. The Morgan fingerprint density at radius 3 is 2.62 bits per heavy atom. The summed E-state index contributed by atoms with van der Waals surface area (Å²) in [7, 11) is 1.68. The van der Waals surface area contributed by atoms with Gasteiger partial charge in [-0.05, 0) is 55.9 Å². The normalized spacial score (nSPS) is 23.4. The molecule has 0 heterocycles. The molecule has 86 valence electrons. The Bertz CT molecular complexity index is 367. The molecule has 0 spiro atoms. The predicted molar refractivity (Wildman–Crippen MR) is 67.7 cm³/mol. The Morgan fingerprint density at radius 1 is 1.25 bits per heavy atom. The van der Waals surface area contributed by atoms with Gasteiger partial charge in [0, 0.05) is 5.71 Å². The van der Waals surface area contributed by atoms with Gasteiger partial charge in [-0.1, -0.05) is 6.92 Å². The first kappa shape index (κ1) is 11.2. The van der Waals surface area contributed by atoms with E-state index in [1.54, 1.807) is 7.11 Å². The highest BCUT2D eigenvalue weighted by molar-refractivity contribution is 5.87. The molecule has 16 heavy (non-hydrogen) atoms. The maximum Gasteiger partial charge on any atom is 0.119 e. The number of aliphatic imine (C=N–C) groups is 1. The van der Waals surface area contributed by atoms with Crippen LogP contribution in [0.15, 0.2) is 29.3 Å². The van der Waals surface area contributed by atoms with E-state index in [0.717, 1.165) is 30.2 Å². The first-order valence-electron chi connectivity index (χ1n) is 5.98. The summed E-state index contributed by atoms with van der Waals surface area (Å²) in [5.74, 6) is 1.69. The van der Waals surface area contributed by atoms with Crippen LogP contribution < -0.4 is 4.74 Å². The zero-order valence-electron chi connectivity index (χ0n) is 10.1. The van der Waals surface area contributed by atoms with Gasteiger partial charge in [0.15, 0.2) is 0 Å². The molecule has 2 nitrogen and oxygen atoms in total. The third-order valence-electron chi connectivity index (χ3n) is 3.11. The van der Waals surface area contributed by atoms with Gasteiger partial charge in [-0.25, -0.2) is 0 Å². The lowest BCUT2D eigenvalue weighted by Crippen LogP contribution is -2.12. The smallest absolute Gasteiger partial charge is 0.119 e. The van der Waals surface area contributed by atoms with E-state index < -0.39 is 0 Å². The van der Waals surface area contributed by atoms with Crippen LogP contribution in [0.5, 0.6) is 5.75 Å². The first-order chi connectivity index (χ1) is 7.78. The van der Waals surface area contributed by atoms with Gasteiger partial charge in [0.1, 0.15) is 5.75 Å². The highest BCUT2D eigenvalue weighted by Gasteiger charge is 2.13. The van der Waals surface area contributed by atoms with Crippen molar-refractivity contribution in [3.63, 3.8) is 0 Å². The summed E-state index contributed by atoms with van der Waals surface area (Å²) in [5.41, 5.74) is 2.40. The van der Waals surface area contributed by atoms with E-state index >= 15 is 0 Å². The molecule has 0 radical (unpaired) electrons. The number of hydrogen-bond donors (Lipinski definition) is 0. The number of nitrogens with zero attached hydrogens (tertiary/aromatic N) is 1. The lowest BCUT2D eigenvalue weighted by atomic mass is 9.89. The van der Waals surface area contributed by atoms with Crippen molar-refractivity contribution in [2.45, 2.75) is 32.6 Å². The van der Waals surface area contributed by atoms with Crippen molar-refractivity contribution in [3.05, 3.63) is 24.3 Å². The van der Waals surface area contributed by atoms with E-state index in [9.17, 15) is 0 Å². The van der Waals surface area contributed by atoms with Crippen molar-refractivity contribution < 1.29 is 4.74 Å². The van der Waals surface area contributed by atoms with Gasteiger partial charge < -0.3 is 4.74 Å². The zero-order valence-corrected chi connectivity index (χ0v) is 10.1. The van der Waals surface area contributed by atoms with Crippen LogP contribution in [-0.2, 0) is 0 Å². The summed E-state index contributed by atoms with van der Waals surface area (Å²) in [6.07, 6.45) is 4.96. The molecule has 1 unspecified atom stereocenters. The number of benzene rings is 1. The SMILES string of the molecule is COc1ccc(N=C2CCCC(C)C2)cc1. The molecule has 1 aromatic rings. The highest BCUT2D eigenvalue weighted by atomic mass is 16.5. The number of ether oxygens (including phenoxy) is 1. The van der Waals surface area contributed by atoms with Crippen molar-refractivity contribution >= 4 is 11.4 Å². The summed E-state index contributed by atoms with van der Waals surface area (Å²) in [4.78, 5) is 4.70. The van der Waals surface area contributed by atoms with E-state index in [1.807, 2.05) is 24.3 Å². The third kappa shape index (κ3) is 2.84. The molecule has 0 N–H and O–H groups in total. The molecular formula is C14H19NO. The molecular weight excluding hydrogens is 198 g/mol. The van der Waals surface area contributed by atoms with Crippen molar-refractivity contribution in [2.24, 2.45) is 10.9 Å². The molecule has 1 aliphatic carbocycles. The molecule has 0 aromatic heterocycles. The maximum absolute atomic E-state index is 5.13. The minimum Gasteiger partial charge on any atom is -0.497 e. The van der Waals surface area contributed by atoms with Crippen LogP contribution in [0.2, 0.25) is 0 Å². The molecule has 1 atom stereocenters. The topological polar surface area (TPSA) is 21.6 Å². The Kier molecular flexibility index (Phi) is 3.60. The minimum atomic E-state index is 0.797. The molecule has 1 fully saturated rings. The molecule has 2 rings (SSSR count). The second-order valence-corrected chi connectivity index (χ2v) is 4.58. The Labute approximate surface area is 97.4 Å². The standard InChI is InChI=1S/C14H19NO/c1-11-4-3-5-13(10-11)15-12-6-8-14(16-2)9-7-12/h6-9,11H,3-5,10H2,1-2H3. The van der Waals surface area contributed by atoms with Crippen LogP contribution in [0.25, 0.3) is 0 Å². The monoisotopic (exact) mass is 217 g/mol. The average molecular weight is 217 g/mol. The van der Waals surface area contributed by atoms with Crippen LogP contribution >= 0.6 is 0 Å². The van der Waals surface area contributed by atoms with Crippen molar-refractivity contribution in [2.75, 3.05) is 7.11 Å². The predicted octanol–water partition coefficient (Wildman–Crippen LogP) is 3.98. The van der Waals surface area contributed by atoms with Crippen molar-refractivity contribution in [1.82, 2.24) is 0 Å². The van der Waals surface area contributed by atoms with Crippen LogP contribution in [-0.4, -0.2) is 12.8 Å². The van der Waals surface area contributed by atoms with Crippen LogP contribution in [0.4, 0.5) is 5.69 Å². The second kappa shape index (κ2) is 5.15. The van der Waals surface area contributed by atoms with E-state index in [2.05, 4.69) is 6.92 Å². The van der Waals surface area contributed by atoms with Gasteiger partial charge in [-0.15, -0.1) is 0 Å². The van der Waals surface area contributed by atoms with Gasteiger partial charge in [-0.2, -0.15) is 0 Å². The lowest BCUT2D eigenvalue weighted by Gasteiger charge is -2.19. The summed E-state index contributed by atoms with van der Waals surface area (Å²) < 4.78 is 5.13. The number of hydrogen-bond acceptors (Lipinski definition) is 2. The summed E-state index contributed by atoms with van der Waals surface area (Å²) in [6.45, 7) is 2.31. The van der Waals surface area contributed by atoms with E-state index in [4.69, 9.17) is 9.73 Å².